The first kappa shape index (κ1) is 14.2. The summed E-state index contributed by atoms with van der Waals surface area (Å²) in [5, 5.41) is 5.58. The van der Waals surface area contributed by atoms with Crippen LogP contribution in [0.1, 0.15) is 20.3 Å². The zero-order valence-electron chi connectivity index (χ0n) is 11.7. The molecular formula is C14H19N3O3. The summed E-state index contributed by atoms with van der Waals surface area (Å²) in [6.45, 7) is 4.87. The summed E-state index contributed by atoms with van der Waals surface area (Å²) in [5.74, 6) is 0. The van der Waals surface area contributed by atoms with Crippen LogP contribution in [-0.4, -0.2) is 31.3 Å². The van der Waals surface area contributed by atoms with Crippen molar-refractivity contribution < 1.29 is 14.3 Å². The predicted octanol–water partition coefficient (Wildman–Crippen LogP) is 2.56. The Morgan fingerprint density at radius 3 is 2.95 bits per heavy atom. The maximum absolute atomic E-state index is 11.8. The van der Waals surface area contributed by atoms with Gasteiger partial charge >= 0.3 is 12.1 Å². The van der Waals surface area contributed by atoms with Gasteiger partial charge in [0.2, 0.25) is 0 Å². The van der Waals surface area contributed by atoms with Gasteiger partial charge in [-0.2, -0.15) is 0 Å². The van der Waals surface area contributed by atoms with Crippen molar-refractivity contribution in [3.05, 3.63) is 24.3 Å². The minimum Gasteiger partial charge on any atom is -0.447 e. The molecule has 1 aliphatic heterocycles. The minimum atomic E-state index is -0.355. The molecule has 2 rings (SSSR count). The first-order valence-corrected chi connectivity index (χ1v) is 6.72. The van der Waals surface area contributed by atoms with Crippen molar-refractivity contribution in [2.75, 3.05) is 23.4 Å². The van der Waals surface area contributed by atoms with Gasteiger partial charge in [-0.1, -0.05) is 13.0 Å². The summed E-state index contributed by atoms with van der Waals surface area (Å²) in [7, 11) is 0. The lowest BCUT2D eigenvalue weighted by Gasteiger charge is -2.15. The van der Waals surface area contributed by atoms with Crippen molar-refractivity contribution in [2.24, 2.45) is 0 Å². The Labute approximate surface area is 118 Å². The van der Waals surface area contributed by atoms with Crippen LogP contribution in [0.25, 0.3) is 0 Å². The largest absolute Gasteiger partial charge is 0.447 e. The van der Waals surface area contributed by atoms with E-state index in [0.29, 0.717) is 24.5 Å². The monoisotopic (exact) mass is 277 g/mol. The molecule has 0 spiro atoms. The molecule has 1 heterocycles. The lowest BCUT2D eigenvalue weighted by atomic mass is 10.2. The van der Waals surface area contributed by atoms with Crippen molar-refractivity contribution in [1.29, 1.82) is 0 Å². The molecule has 6 heteroatoms. The fourth-order valence-corrected chi connectivity index (χ4v) is 1.87. The number of carbonyl (C=O) groups excluding carboxylic acids is 2. The smallest absolute Gasteiger partial charge is 0.414 e. The molecule has 108 valence electrons. The second kappa shape index (κ2) is 6.27. The Morgan fingerprint density at radius 2 is 2.30 bits per heavy atom. The van der Waals surface area contributed by atoms with Gasteiger partial charge in [-0.25, -0.2) is 9.59 Å². The highest BCUT2D eigenvalue weighted by molar-refractivity contribution is 5.93. The topological polar surface area (TPSA) is 70.7 Å². The van der Waals surface area contributed by atoms with Gasteiger partial charge in [0.25, 0.3) is 0 Å². The number of carbonyl (C=O) groups is 2. The number of amides is 3. The zero-order valence-corrected chi connectivity index (χ0v) is 11.7. The van der Waals surface area contributed by atoms with Gasteiger partial charge in [0, 0.05) is 17.4 Å². The summed E-state index contributed by atoms with van der Waals surface area (Å²) in [4.78, 5) is 24.8. The fourth-order valence-electron chi connectivity index (χ4n) is 1.87. The third-order valence-corrected chi connectivity index (χ3v) is 3.17. The maximum Gasteiger partial charge on any atom is 0.414 e. The Balaban J connectivity index is 2.02. The maximum atomic E-state index is 11.8. The number of rotatable bonds is 4. The molecule has 2 N–H and O–H groups in total. The SMILES string of the molecule is CCC(C)NC(=O)Nc1cccc(N2CCOC2=O)c1. The van der Waals surface area contributed by atoms with E-state index >= 15 is 0 Å². The molecule has 20 heavy (non-hydrogen) atoms. The number of cyclic esters (lactones) is 1. The van der Waals surface area contributed by atoms with E-state index in [4.69, 9.17) is 4.74 Å². The summed E-state index contributed by atoms with van der Waals surface area (Å²) < 4.78 is 4.90. The quantitative estimate of drug-likeness (QED) is 0.888. The van der Waals surface area contributed by atoms with Gasteiger partial charge in [0.05, 0.1) is 6.54 Å². The molecule has 1 fully saturated rings. The number of nitrogens with one attached hydrogen (secondary N) is 2. The van der Waals surface area contributed by atoms with Crippen LogP contribution in [-0.2, 0) is 4.74 Å². The van der Waals surface area contributed by atoms with Crippen LogP contribution in [0, 0.1) is 0 Å². The van der Waals surface area contributed by atoms with E-state index in [1.165, 1.54) is 4.90 Å². The Bertz CT molecular complexity index is 504. The molecule has 1 aliphatic rings. The number of nitrogens with zero attached hydrogens (tertiary/aromatic N) is 1. The van der Waals surface area contributed by atoms with E-state index in [-0.39, 0.29) is 18.2 Å². The van der Waals surface area contributed by atoms with Crippen molar-refractivity contribution >= 4 is 23.5 Å². The summed E-state index contributed by atoms with van der Waals surface area (Å²) in [5.41, 5.74) is 1.36. The van der Waals surface area contributed by atoms with Crippen molar-refractivity contribution in [2.45, 2.75) is 26.3 Å². The average Bonchev–Trinajstić information content (AvgIpc) is 2.85. The molecule has 1 unspecified atom stereocenters. The zero-order chi connectivity index (χ0) is 14.5. The fraction of sp³-hybridized carbons (Fsp3) is 0.429. The second-order valence-electron chi connectivity index (χ2n) is 4.72. The molecule has 1 aromatic carbocycles. The number of anilines is 2. The first-order valence-electron chi connectivity index (χ1n) is 6.72. The van der Waals surface area contributed by atoms with Gasteiger partial charge in [0.15, 0.2) is 0 Å². The first-order chi connectivity index (χ1) is 9.60. The summed E-state index contributed by atoms with van der Waals surface area (Å²) >= 11 is 0. The van der Waals surface area contributed by atoms with Crippen LogP contribution in [0.15, 0.2) is 24.3 Å². The van der Waals surface area contributed by atoms with Gasteiger partial charge in [-0.3, -0.25) is 4.90 Å². The van der Waals surface area contributed by atoms with Crippen molar-refractivity contribution in [1.82, 2.24) is 5.32 Å². The molecular weight excluding hydrogens is 258 g/mol. The molecule has 1 saturated heterocycles. The minimum absolute atomic E-state index is 0.117. The highest BCUT2D eigenvalue weighted by Gasteiger charge is 2.23. The van der Waals surface area contributed by atoms with Crippen LogP contribution in [0.2, 0.25) is 0 Å². The molecule has 1 aromatic rings. The van der Waals surface area contributed by atoms with Gasteiger partial charge in [0.1, 0.15) is 6.61 Å². The van der Waals surface area contributed by atoms with E-state index < -0.39 is 0 Å². The highest BCUT2D eigenvalue weighted by Crippen LogP contribution is 2.22. The van der Waals surface area contributed by atoms with E-state index in [9.17, 15) is 9.59 Å². The van der Waals surface area contributed by atoms with Crippen molar-refractivity contribution in [3.63, 3.8) is 0 Å². The number of benzene rings is 1. The third-order valence-electron chi connectivity index (χ3n) is 3.17. The Morgan fingerprint density at radius 1 is 1.50 bits per heavy atom. The number of hydrogen-bond acceptors (Lipinski definition) is 3. The van der Waals surface area contributed by atoms with E-state index in [2.05, 4.69) is 10.6 Å². The van der Waals surface area contributed by atoms with E-state index in [1.807, 2.05) is 19.9 Å². The standard InChI is InChI=1S/C14H19N3O3/c1-3-10(2)15-13(18)16-11-5-4-6-12(9-11)17-7-8-20-14(17)19/h4-6,9-10H,3,7-8H2,1-2H3,(H2,15,16,18). The van der Waals surface area contributed by atoms with Gasteiger partial charge in [-0.05, 0) is 31.5 Å². The molecule has 0 bridgehead atoms. The lowest BCUT2D eigenvalue weighted by molar-refractivity contribution is 0.181. The molecule has 6 nitrogen and oxygen atoms in total. The van der Waals surface area contributed by atoms with Crippen LogP contribution in [0.3, 0.4) is 0 Å². The Kier molecular flexibility index (Phi) is 4.45. The second-order valence-corrected chi connectivity index (χ2v) is 4.72. The molecule has 0 aliphatic carbocycles. The number of ether oxygens (including phenoxy) is 1. The van der Waals surface area contributed by atoms with Crippen LogP contribution in [0.4, 0.5) is 21.0 Å². The van der Waals surface area contributed by atoms with Gasteiger partial charge in [-0.15, -0.1) is 0 Å². The summed E-state index contributed by atoms with van der Waals surface area (Å²) in [6.07, 6.45) is 0.513. The molecule has 0 aromatic heterocycles. The number of urea groups is 1. The van der Waals surface area contributed by atoms with E-state index in [0.717, 1.165) is 6.42 Å². The van der Waals surface area contributed by atoms with Crippen LogP contribution >= 0.6 is 0 Å². The average molecular weight is 277 g/mol. The van der Waals surface area contributed by atoms with Crippen molar-refractivity contribution in [3.8, 4) is 0 Å². The molecule has 0 radical (unpaired) electrons. The van der Waals surface area contributed by atoms with Gasteiger partial charge < -0.3 is 15.4 Å². The molecule has 0 saturated carbocycles. The lowest BCUT2D eigenvalue weighted by Crippen LogP contribution is -2.35. The number of hydrogen-bond donors (Lipinski definition) is 2. The molecule has 3 amide bonds. The summed E-state index contributed by atoms with van der Waals surface area (Å²) in [6, 6.07) is 7.00. The Hall–Kier alpha value is -2.24. The predicted molar refractivity (Wildman–Crippen MR) is 77.0 cm³/mol. The highest BCUT2D eigenvalue weighted by atomic mass is 16.6. The molecule has 1 atom stereocenters. The van der Waals surface area contributed by atoms with Crippen LogP contribution < -0.4 is 15.5 Å². The van der Waals surface area contributed by atoms with Crippen LogP contribution in [0.5, 0.6) is 0 Å². The normalized spacial score (nSPS) is 15.7. The third kappa shape index (κ3) is 3.40. The van der Waals surface area contributed by atoms with E-state index in [1.54, 1.807) is 18.2 Å².